The molecule has 1 aromatic carbocycles. The SMILES string of the molecule is CN1CC=C(c2cc3ccccc3o2)c2c(ccn2C)C1=O. The van der Waals surface area contributed by atoms with Crippen LogP contribution in [0.25, 0.3) is 16.5 Å². The number of fused-ring (bicyclic) bond motifs is 2. The Bertz CT molecular complexity index is 881. The Labute approximate surface area is 128 Å². The predicted octanol–water partition coefficient (Wildman–Crippen LogP) is 3.29. The van der Waals surface area contributed by atoms with E-state index in [0.717, 1.165) is 28.0 Å². The first-order valence-corrected chi connectivity index (χ1v) is 7.25. The molecule has 0 unspecified atom stereocenters. The third-order valence-electron chi connectivity index (χ3n) is 4.17. The van der Waals surface area contributed by atoms with Crippen molar-refractivity contribution in [2.45, 2.75) is 0 Å². The second kappa shape index (κ2) is 4.63. The van der Waals surface area contributed by atoms with Gasteiger partial charge in [-0.2, -0.15) is 0 Å². The highest BCUT2D eigenvalue weighted by molar-refractivity contribution is 6.02. The number of benzene rings is 1. The van der Waals surface area contributed by atoms with Crippen LogP contribution >= 0.6 is 0 Å². The third-order valence-corrected chi connectivity index (χ3v) is 4.17. The highest BCUT2D eigenvalue weighted by Crippen LogP contribution is 2.33. The zero-order chi connectivity index (χ0) is 15.3. The van der Waals surface area contributed by atoms with Gasteiger partial charge in [-0.25, -0.2) is 0 Å². The van der Waals surface area contributed by atoms with Crippen LogP contribution in [0.3, 0.4) is 0 Å². The summed E-state index contributed by atoms with van der Waals surface area (Å²) in [7, 11) is 3.77. The third kappa shape index (κ3) is 1.80. The van der Waals surface area contributed by atoms with Gasteiger partial charge in [-0.3, -0.25) is 4.79 Å². The van der Waals surface area contributed by atoms with Crippen molar-refractivity contribution in [2.75, 3.05) is 13.6 Å². The number of aromatic nitrogens is 1. The number of hydrogen-bond acceptors (Lipinski definition) is 2. The first kappa shape index (κ1) is 13.0. The molecule has 4 nitrogen and oxygen atoms in total. The number of carbonyl (C=O) groups excluding carboxylic acids is 1. The molecule has 0 saturated heterocycles. The van der Waals surface area contributed by atoms with Crippen molar-refractivity contribution < 1.29 is 9.21 Å². The lowest BCUT2D eigenvalue weighted by molar-refractivity contribution is 0.0811. The average molecular weight is 292 g/mol. The quantitative estimate of drug-likeness (QED) is 0.690. The van der Waals surface area contributed by atoms with E-state index in [4.69, 9.17) is 4.42 Å². The molecule has 110 valence electrons. The van der Waals surface area contributed by atoms with Gasteiger partial charge in [0.1, 0.15) is 11.3 Å². The summed E-state index contributed by atoms with van der Waals surface area (Å²) in [5, 5.41) is 1.07. The van der Waals surface area contributed by atoms with Crippen molar-refractivity contribution in [3.8, 4) is 0 Å². The van der Waals surface area contributed by atoms with Gasteiger partial charge < -0.3 is 13.9 Å². The van der Waals surface area contributed by atoms with Crippen molar-refractivity contribution in [1.29, 1.82) is 0 Å². The highest BCUT2D eigenvalue weighted by Gasteiger charge is 2.26. The summed E-state index contributed by atoms with van der Waals surface area (Å²) < 4.78 is 7.98. The maximum atomic E-state index is 12.4. The van der Waals surface area contributed by atoms with Crippen LogP contribution in [0.4, 0.5) is 0 Å². The van der Waals surface area contributed by atoms with Gasteiger partial charge in [-0.1, -0.05) is 24.3 Å². The van der Waals surface area contributed by atoms with Gasteiger partial charge in [-0.15, -0.1) is 0 Å². The fraction of sp³-hybridized carbons (Fsp3) is 0.167. The molecule has 22 heavy (non-hydrogen) atoms. The maximum absolute atomic E-state index is 12.4. The lowest BCUT2D eigenvalue weighted by Gasteiger charge is -2.11. The van der Waals surface area contributed by atoms with E-state index in [9.17, 15) is 4.79 Å². The smallest absolute Gasteiger partial charge is 0.256 e. The molecule has 0 N–H and O–H groups in total. The van der Waals surface area contributed by atoms with Gasteiger partial charge >= 0.3 is 0 Å². The molecule has 3 heterocycles. The standard InChI is InChI=1S/C18H16N2O2/c1-19-9-8-14-17(19)13(7-10-20(2)18(14)21)16-11-12-5-3-4-6-15(12)22-16/h3-9,11H,10H2,1-2H3. The summed E-state index contributed by atoms with van der Waals surface area (Å²) in [5.41, 5.74) is 3.46. The van der Waals surface area contributed by atoms with Crippen LogP contribution in [0.5, 0.6) is 0 Å². The molecule has 4 heteroatoms. The van der Waals surface area contributed by atoms with Crippen LogP contribution in [0.15, 0.2) is 53.1 Å². The van der Waals surface area contributed by atoms with Crippen LogP contribution < -0.4 is 0 Å². The van der Waals surface area contributed by atoms with E-state index in [1.165, 1.54) is 0 Å². The Hall–Kier alpha value is -2.75. The molecule has 0 aliphatic carbocycles. The molecule has 0 spiro atoms. The monoisotopic (exact) mass is 292 g/mol. The fourth-order valence-electron chi connectivity index (χ4n) is 2.98. The molecule has 3 aromatic rings. The molecular formula is C18H16N2O2. The minimum absolute atomic E-state index is 0.0398. The number of likely N-dealkylation sites (N-methyl/N-ethyl adjacent to an activating group) is 1. The van der Waals surface area contributed by atoms with Gasteiger partial charge in [0.15, 0.2) is 0 Å². The molecule has 0 radical (unpaired) electrons. The van der Waals surface area contributed by atoms with Crippen LogP contribution in [0, 0.1) is 0 Å². The molecule has 2 aromatic heterocycles. The minimum atomic E-state index is 0.0398. The molecule has 1 amide bonds. The van der Waals surface area contributed by atoms with Gasteiger partial charge in [0, 0.05) is 37.8 Å². The highest BCUT2D eigenvalue weighted by atomic mass is 16.3. The van der Waals surface area contributed by atoms with E-state index in [1.807, 2.05) is 61.3 Å². The number of carbonyl (C=O) groups is 1. The van der Waals surface area contributed by atoms with Gasteiger partial charge in [0.25, 0.3) is 5.91 Å². The number of para-hydroxylation sites is 1. The summed E-state index contributed by atoms with van der Waals surface area (Å²) in [4.78, 5) is 14.2. The molecule has 1 aliphatic heterocycles. The molecular weight excluding hydrogens is 276 g/mol. The van der Waals surface area contributed by atoms with Crippen LogP contribution in [-0.4, -0.2) is 29.0 Å². The van der Waals surface area contributed by atoms with Crippen LogP contribution in [-0.2, 0) is 7.05 Å². The molecule has 1 aliphatic rings. The molecule has 0 bridgehead atoms. The summed E-state index contributed by atoms with van der Waals surface area (Å²) in [5.74, 6) is 0.838. The van der Waals surface area contributed by atoms with Crippen molar-refractivity contribution in [3.05, 3.63) is 65.7 Å². The van der Waals surface area contributed by atoms with Gasteiger partial charge in [0.2, 0.25) is 0 Å². The number of amides is 1. The van der Waals surface area contributed by atoms with E-state index in [0.29, 0.717) is 12.1 Å². The summed E-state index contributed by atoms with van der Waals surface area (Å²) in [6, 6.07) is 11.8. The number of nitrogens with zero attached hydrogens (tertiary/aromatic N) is 2. The van der Waals surface area contributed by atoms with E-state index in [2.05, 4.69) is 6.08 Å². The van der Waals surface area contributed by atoms with Crippen molar-refractivity contribution in [1.82, 2.24) is 9.47 Å². The van der Waals surface area contributed by atoms with Crippen molar-refractivity contribution in [3.63, 3.8) is 0 Å². The Morgan fingerprint density at radius 1 is 1.14 bits per heavy atom. The molecule has 0 atom stereocenters. The second-order valence-electron chi connectivity index (χ2n) is 5.64. The van der Waals surface area contributed by atoms with Gasteiger partial charge in [-0.05, 0) is 18.2 Å². The lowest BCUT2D eigenvalue weighted by Crippen LogP contribution is -2.25. The molecule has 0 fully saturated rings. The second-order valence-corrected chi connectivity index (χ2v) is 5.64. The zero-order valence-electron chi connectivity index (χ0n) is 12.5. The van der Waals surface area contributed by atoms with E-state index in [-0.39, 0.29) is 5.91 Å². The first-order valence-electron chi connectivity index (χ1n) is 7.25. The van der Waals surface area contributed by atoms with Crippen molar-refractivity contribution in [2.24, 2.45) is 7.05 Å². The summed E-state index contributed by atoms with van der Waals surface area (Å²) in [6.45, 7) is 0.569. The van der Waals surface area contributed by atoms with E-state index in [1.54, 1.807) is 4.90 Å². The Kier molecular flexibility index (Phi) is 2.73. The largest absolute Gasteiger partial charge is 0.456 e. The summed E-state index contributed by atoms with van der Waals surface area (Å²) in [6.07, 6.45) is 3.97. The Balaban J connectivity index is 1.95. The lowest BCUT2D eigenvalue weighted by atomic mass is 10.1. The minimum Gasteiger partial charge on any atom is -0.456 e. The fourth-order valence-corrected chi connectivity index (χ4v) is 2.98. The number of furan rings is 1. The van der Waals surface area contributed by atoms with Crippen LogP contribution in [0.1, 0.15) is 21.8 Å². The molecule has 4 rings (SSSR count). The number of rotatable bonds is 1. The van der Waals surface area contributed by atoms with E-state index < -0.39 is 0 Å². The number of aryl methyl sites for hydroxylation is 1. The van der Waals surface area contributed by atoms with Crippen molar-refractivity contribution >= 4 is 22.4 Å². The maximum Gasteiger partial charge on any atom is 0.256 e. The normalized spacial score (nSPS) is 14.9. The zero-order valence-corrected chi connectivity index (χ0v) is 12.5. The number of hydrogen-bond donors (Lipinski definition) is 0. The topological polar surface area (TPSA) is 38.4 Å². The van der Waals surface area contributed by atoms with E-state index >= 15 is 0 Å². The van der Waals surface area contributed by atoms with Gasteiger partial charge in [0.05, 0.1) is 11.3 Å². The van der Waals surface area contributed by atoms with Crippen LogP contribution in [0.2, 0.25) is 0 Å². The first-order chi connectivity index (χ1) is 10.6. The Morgan fingerprint density at radius 3 is 2.77 bits per heavy atom. The summed E-state index contributed by atoms with van der Waals surface area (Å²) >= 11 is 0. The Morgan fingerprint density at radius 2 is 1.95 bits per heavy atom. The molecule has 0 saturated carbocycles. The predicted molar refractivity (Wildman–Crippen MR) is 85.7 cm³/mol. The average Bonchev–Trinajstić information content (AvgIpc) is 3.08.